The Balaban J connectivity index is 1.57. The first-order valence-corrected chi connectivity index (χ1v) is 12.4. The third-order valence-corrected chi connectivity index (χ3v) is 7.28. The van der Waals surface area contributed by atoms with Gasteiger partial charge in [-0.3, -0.25) is 19.2 Å². The highest BCUT2D eigenvalue weighted by Gasteiger charge is 2.43. The molecule has 0 aliphatic carbocycles. The molecule has 0 bridgehead atoms. The van der Waals surface area contributed by atoms with Crippen LogP contribution in [0.15, 0.2) is 0 Å². The molecule has 2 fully saturated rings. The number of hydrogen-bond donors (Lipinski definition) is 2. The van der Waals surface area contributed by atoms with Crippen LogP contribution in [0.4, 0.5) is 0 Å². The largest absolute Gasteiger partial charge is 0.334 e. The van der Waals surface area contributed by atoms with Crippen molar-refractivity contribution in [2.45, 2.75) is 36.2 Å². The van der Waals surface area contributed by atoms with Crippen molar-refractivity contribution < 1.29 is 47.5 Å². The minimum Gasteiger partial charge on any atom is -0.330 e. The topological polar surface area (TPSA) is 168 Å². The number of carbonyl (C=O) groups is 6. The van der Waals surface area contributed by atoms with Crippen molar-refractivity contribution in [1.82, 2.24) is 10.1 Å². The SMILES string of the molecule is O=C(CCSSCCC(=O)ON1C(=O)CC(SO)C1=O)ON1C(=O)CC(SO)C1=O. The Labute approximate surface area is 186 Å². The van der Waals surface area contributed by atoms with E-state index in [1.165, 1.54) is 21.6 Å². The number of amides is 4. The van der Waals surface area contributed by atoms with E-state index in [1.807, 2.05) is 0 Å². The highest BCUT2D eigenvalue weighted by molar-refractivity contribution is 8.76. The first-order chi connectivity index (χ1) is 14.3. The highest BCUT2D eigenvalue weighted by Crippen LogP contribution is 2.26. The van der Waals surface area contributed by atoms with Crippen molar-refractivity contribution in [2.75, 3.05) is 11.5 Å². The van der Waals surface area contributed by atoms with E-state index in [-0.39, 0.29) is 61.3 Å². The summed E-state index contributed by atoms with van der Waals surface area (Å²) in [6, 6.07) is 0. The van der Waals surface area contributed by atoms with E-state index in [0.29, 0.717) is 10.1 Å². The molecule has 4 amide bonds. The van der Waals surface area contributed by atoms with Crippen molar-refractivity contribution in [3.8, 4) is 0 Å². The molecule has 0 radical (unpaired) electrons. The van der Waals surface area contributed by atoms with E-state index in [9.17, 15) is 28.8 Å². The van der Waals surface area contributed by atoms with Gasteiger partial charge in [0.05, 0.1) is 25.7 Å². The molecular formula is C14H16N2O10S4. The van der Waals surface area contributed by atoms with Gasteiger partial charge in [0.25, 0.3) is 23.6 Å². The van der Waals surface area contributed by atoms with Crippen molar-refractivity contribution in [3.63, 3.8) is 0 Å². The predicted molar refractivity (Wildman–Crippen MR) is 107 cm³/mol. The standard InChI is InChI=1S/C14H16N2O10S4/c17-9-5-7(29-23)13(21)15(9)25-11(19)1-3-27-28-4-2-12(20)26-16-10(18)6-8(30-24)14(16)22/h7-8,23-24H,1-6H2. The van der Waals surface area contributed by atoms with Crippen LogP contribution in [-0.2, 0) is 38.4 Å². The molecule has 0 spiro atoms. The van der Waals surface area contributed by atoms with Crippen LogP contribution < -0.4 is 0 Å². The van der Waals surface area contributed by atoms with E-state index in [2.05, 4.69) is 0 Å². The maximum absolute atomic E-state index is 11.7. The van der Waals surface area contributed by atoms with Crippen LogP contribution in [0.5, 0.6) is 0 Å². The summed E-state index contributed by atoms with van der Waals surface area (Å²) in [7, 11) is 2.46. The van der Waals surface area contributed by atoms with Gasteiger partial charge in [0.1, 0.15) is 10.5 Å². The summed E-state index contributed by atoms with van der Waals surface area (Å²) in [5, 5.41) is -1.25. The lowest BCUT2D eigenvalue weighted by molar-refractivity contribution is -0.197. The molecule has 30 heavy (non-hydrogen) atoms. The van der Waals surface area contributed by atoms with E-state index < -0.39 is 46.1 Å². The average molecular weight is 501 g/mol. The fraction of sp³-hybridized carbons (Fsp3) is 0.571. The molecule has 2 rings (SSSR count). The molecule has 2 aliphatic rings. The van der Waals surface area contributed by atoms with Crippen LogP contribution in [-0.4, -0.2) is 76.8 Å². The molecule has 2 saturated heterocycles. The zero-order valence-electron chi connectivity index (χ0n) is 15.1. The second-order valence-electron chi connectivity index (χ2n) is 5.72. The smallest absolute Gasteiger partial charge is 0.330 e. The highest BCUT2D eigenvalue weighted by atomic mass is 33.1. The van der Waals surface area contributed by atoms with Crippen LogP contribution in [0.3, 0.4) is 0 Å². The molecular weight excluding hydrogens is 484 g/mol. The molecule has 0 aromatic heterocycles. The van der Waals surface area contributed by atoms with Crippen LogP contribution in [0.2, 0.25) is 0 Å². The number of rotatable bonds is 11. The van der Waals surface area contributed by atoms with Crippen LogP contribution in [0.1, 0.15) is 25.7 Å². The Morgan fingerprint density at radius 2 is 1.17 bits per heavy atom. The quantitative estimate of drug-likeness (QED) is 0.176. The average Bonchev–Trinajstić information content (AvgIpc) is 3.14. The molecule has 0 aromatic carbocycles. The lowest BCUT2D eigenvalue weighted by atomic mass is 10.4. The summed E-state index contributed by atoms with van der Waals surface area (Å²) in [6.45, 7) is 0. The lowest BCUT2D eigenvalue weighted by Crippen LogP contribution is -2.34. The molecule has 2 heterocycles. The molecule has 0 aromatic rings. The molecule has 2 N–H and O–H groups in total. The van der Waals surface area contributed by atoms with Gasteiger partial charge in [0.15, 0.2) is 0 Å². The fourth-order valence-electron chi connectivity index (χ4n) is 2.18. The van der Waals surface area contributed by atoms with Gasteiger partial charge in [-0.1, -0.05) is 21.6 Å². The second-order valence-corrected chi connectivity index (χ2v) is 9.98. The molecule has 2 unspecified atom stereocenters. The summed E-state index contributed by atoms with van der Waals surface area (Å²) in [5.41, 5.74) is 0. The normalized spacial score (nSPS) is 21.5. The molecule has 16 heteroatoms. The van der Waals surface area contributed by atoms with Gasteiger partial charge in [0.2, 0.25) is 0 Å². The fourth-order valence-corrected chi connectivity index (χ4v) is 4.93. The van der Waals surface area contributed by atoms with Crippen molar-refractivity contribution in [2.24, 2.45) is 0 Å². The van der Waals surface area contributed by atoms with Crippen molar-refractivity contribution >= 4 is 81.2 Å². The lowest BCUT2D eigenvalue weighted by Gasteiger charge is -2.13. The van der Waals surface area contributed by atoms with Gasteiger partial charge in [-0.15, -0.1) is 10.1 Å². The summed E-state index contributed by atoms with van der Waals surface area (Å²) < 4.78 is 17.8. The van der Waals surface area contributed by atoms with E-state index in [4.69, 9.17) is 18.8 Å². The maximum atomic E-state index is 11.7. The summed E-state index contributed by atoms with van der Waals surface area (Å²) >= 11 is 0.429. The summed E-state index contributed by atoms with van der Waals surface area (Å²) in [4.78, 5) is 79.3. The Morgan fingerprint density at radius 3 is 1.47 bits per heavy atom. The Bertz CT molecular complexity index is 676. The van der Waals surface area contributed by atoms with Gasteiger partial charge in [-0.05, 0) is 0 Å². The predicted octanol–water partition coefficient (Wildman–Crippen LogP) is 0.732. The minimum atomic E-state index is -0.977. The molecule has 166 valence electrons. The number of hydroxylamine groups is 4. The van der Waals surface area contributed by atoms with Gasteiger partial charge in [-0.2, -0.15) is 0 Å². The van der Waals surface area contributed by atoms with Crippen LogP contribution in [0.25, 0.3) is 0 Å². The van der Waals surface area contributed by atoms with E-state index >= 15 is 0 Å². The van der Waals surface area contributed by atoms with E-state index in [1.54, 1.807) is 0 Å². The molecule has 2 aliphatic heterocycles. The zero-order valence-corrected chi connectivity index (χ0v) is 18.4. The summed E-state index contributed by atoms with van der Waals surface area (Å²) in [5.74, 6) is -4.05. The second kappa shape index (κ2) is 11.8. The van der Waals surface area contributed by atoms with Crippen LogP contribution >= 0.6 is 45.7 Å². The van der Waals surface area contributed by atoms with Crippen LogP contribution in [0, 0.1) is 0 Å². The third-order valence-electron chi connectivity index (χ3n) is 3.63. The Hall–Kier alpha value is -1.46. The van der Waals surface area contributed by atoms with Gasteiger partial charge < -0.3 is 18.8 Å². The summed E-state index contributed by atoms with van der Waals surface area (Å²) in [6.07, 6.45) is -0.704. The Kier molecular flexibility index (Phi) is 9.76. The molecule has 2 atom stereocenters. The van der Waals surface area contributed by atoms with Gasteiger partial charge in [0, 0.05) is 35.6 Å². The number of imide groups is 2. The zero-order chi connectivity index (χ0) is 22.3. The molecule has 0 saturated carbocycles. The van der Waals surface area contributed by atoms with Gasteiger partial charge >= 0.3 is 11.9 Å². The first kappa shape index (κ1) is 24.8. The third kappa shape index (κ3) is 6.52. The number of hydrogen-bond acceptors (Lipinski definition) is 14. The number of nitrogens with zero attached hydrogens (tertiary/aromatic N) is 2. The minimum absolute atomic E-state index is 0.104. The maximum Gasteiger partial charge on any atom is 0.334 e. The first-order valence-electron chi connectivity index (χ1n) is 8.28. The monoisotopic (exact) mass is 500 g/mol. The molecule has 12 nitrogen and oxygen atoms in total. The van der Waals surface area contributed by atoms with Crippen molar-refractivity contribution in [3.05, 3.63) is 0 Å². The number of carbonyl (C=O) groups excluding carboxylic acids is 6. The Morgan fingerprint density at radius 1 is 0.800 bits per heavy atom. The van der Waals surface area contributed by atoms with E-state index in [0.717, 1.165) is 0 Å². The van der Waals surface area contributed by atoms with Crippen molar-refractivity contribution in [1.29, 1.82) is 0 Å². The van der Waals surface area contributed by atoms with Gasteiger partial charge in [-0.25, -0.2) is 9.59 Å².